The number of fused-ring (bicyclic) bond motifs is 1. The molecule has 0 bridgehead atoms. The summed E-state index contributed by atoms with van der Waals surface area (Å²) in [5.41, 5.74) is 1.85. The van der Waals surface area contributed by atoms with E-state index in [4.69, 9.17) is 17.0 Å². The predicted molar refractivity (Wildman–Crippen MR) is 94.5 cm³/mol. The second kappa shape index (κ2) is 6.37. The Hall–Kier alpha value is -1.80. The van der Waals surface area contributed by atoms with E-state index in [1.54, 1.807) is 16.7 Å². The van der Waals surface area contributed by atoms with Crippen LogP contribution in [0.5, 0.6) is 0 Å². The van der Waals surface area contributed by atoms with Crippen LogP contribution >= 0.6 is 24.0 Å². The number of amides is 2. The van der Waals surface area contributed by atoms with Crippen LogP contribution in [0.1, 0.15) is 6.92 Å². The maximum atomic E-state index is 12.1. The maximum Gasteiger partial charge on any atom is 0.414 e. The van der Waals surface area contributed by atoms with Crippen LogP contribution in [0.3, 0.4) is 0 Å². The average molecular weight is 351 g/mol. The minimum Gasteiger partial charge on any atom is -0.442 e. The Morgan fingerprint density at radius 1 is 1.52 bits per heavy atom. The van der Waals surface area contributed by atoms with Crippen molar-refractivity contribution in [2.45, 2.75) is 17.9 Å². The van der Waals surface area contributed by atoms with E-state index >= 15 is 0 Å². The molecular weight excluding hydrogens is 334 g/mol. The first-order valence-corrected chi connectivity index (χ1v) is 8.61. The fourth-order valence-corrected chi connectivity index (χ4v) is 3.83. The van der Waals surface area contributed by atoms with Gasteiger partial charge in [-0.25, -0.2) is 4.79 Å². The van der Waals surface area contributed by atoms with Crippen molar-refractivity contribution in [3.8, 4) is 0 Å². The van der Waals surface area contributed by atoms with Gasteiger partial charge in [0.2, 0.25) is 5.91 Å². The van der Waals surface area contributed by atoms with Crippen LogP contribution in [0.15, 0.2) is 23.1 Å². The molecule has 23 heavy (non-hydrogen) atoms. The summed E-state index contributed by atoms with van der Waals surface area (Å²) in [7, 11) is 1.95. The second-order valence-electron chi connectivity index (χ2n) is 5.45. The van der Waals surface area contributed by atoms with Crippen LogP contribution in [-0.2, 0) is 9.53 Å². The van der Waals surface area contributed by atoms with Crippen molar-refractivity contribution in [1.82, 2.24) is 5.32 Å². The SMILES string of the molecule is CC(=O)NC[C@H]1CN(c2ccc3c(c2)SCC(=S)N3C)C(=O)O1. The van der Waals surface area contributed by atoms with Crippen molar-refractivity contribution in [2.24, 2.45) is 0 Å². The number of carbonyl (C=O) groups excluding carboxylic acids is 2. The summed E-state index contributed by atoms with van der Waals surface area (Å²) in [4.78, 5) is 28.6. The summed E-state index contributed by atoms with van der Waals surface area (Å²) in [6.07, 6.45) is -0.713. The Bertz CT molecular complexity index is 680. The molecule has 2 aliphatic rings. The van der Waals surface area contributed by atoms with Crippen LogP contribution in [0.2, 0.25) is 0 Å². The van der Waals surface area contributed by atoms with Crippen LogP contribution in [0.25, 0.3) is 0 Å². The van der Waals surface area contributed by atoms with Gasteiger partial charge in [0.1, 0.15) is 6.10 Å². The fraction of sp³-hybridized carbons (Fsp3) is 0.400. The highest BCUT2D eigenvalue weighted by molar-refractivity contribution is 8.01. The zero-order chi connectivity index (χ0) is 16.6. The van der Waals surface area contributed by atoms with Gasteiger partial charge in [0.05, 0.1) is 23.8 Å². The third-order valence-corrected chi connectivity index (χ3v) is 5.45. The number of thiocarbonyl (C=S) groups is 1. The van der Waals surface area contributed by atoms with Crippen LogP contribution < -0.4 is 15.1 Å². The molecule has 0 saturated carbocycles. The van der Waals surface area contributed by atoms with E-state index in [-0.39, 0.29) is 18.1 Å². The van der Waals surface area contributed by atoms with Crippen LogP contribution in [0, 0.1) is 0 Å². The van der Waals surface area contributed by atoms with Gasteiger partial charge in [0, 0.05) is 30.3 Å². The van der Waals surface area contributed by atoms with Gasteiger partial charge in [-0.05, 0) is 18.2 Å². The van der Waals surface area contributed by atoms with Crippen molar-refractivity contribution >= 4 is 52.3 Å². The first-order valence-electron chi connectivity index (χ1n) is 7.21. The molecule has 0 spiro atoms. The highest BCUT2D eigenvalue weighted by atomic mass is 32.2. The average Bonchev–Trinajstić information content (AvgIpc) is 2.90. The van der Waals surface area contributed by atoms with Gasteiger partial charge in [-0.3, -0.25) is 9.69 Å². The number of carbonyl (C=O) groups is 2. The Balaban J connectivity index is 1.76. The van der Waals surface area contributed by atoms with Gasteiger partial charge in [0.25, 0.3) is 0 Å². The number of anilines is 2. The van der Waals surface area contributed by atoms with E-state index in [2.05, 4.69) is 5.32 Å². The summed E-state index contributed by atoms with van der Waals surface area (Å²) in [5.74, 6) is 0.626. The van der Waals surface area contributed by atoms with Gasteiger partial charge in [0.15, 0.2) is 0 Å². The minimum absolute atomic E-state index is 0.135. The van der Waals surface area contributed by atoms with Crippen molar-refractivity contribution in [3.63, 3.8) is 0 Å². The molecule has 3 rings (SSSR count). The molecule has 0 radical (unpaired) electrons. The van der Waals surface area contributed by atoms with E-state index in [9.17, 15) is 9.59 Å². The Morgan fingerprint density at radius 2 is 2.30 bits per heavy atom. The Kier molecular flexibility index (Phi) is 4.45. The number of nitrogens with zero attached hydrogens (tertiary/aromatic N) is 2. The highest BCUT2D eigenvalue weighted by Gasteiger charge is 2.33. The molecule has 6 nitrogen and oxygen atoms in total. The molecule has 0 aliphatic carbocycles. The lowest BCUT2D eigenvalue weighted by molar-refractivity contribution is -0.119. The van der Waals surface area contributed by atoms with Crippen molar-refractivity contribution in [2.75, 3.05) is 35.7 Å². The minimum atomic E-state index is -0.384. The van der Waals surface area contributed by atoms with Crippen molar-refractivity contribution in [3.05, 3.63) is 18.2 Å². The summed E-state index contributed by atoms with van der Waals surface area (Å²) >= 11 is 6.99. The summed E-state index contributed by atoms with van der Waals surface area (Å²) < 4.78 is 5.30. The largest absolute Gasteiger partial charge is 0.442 e. The lowest BCUT2D eigenvalue weighted by Crippen LogP contribution is -2.33. The Labute approximate surface area is 144 Å². The van der Waals surface area contributed by atoms with Gasteiger partial charge < -0.3 is 15.0 Å². The molecule has 1 aromatic rings. The second-order valence-corrected chi connectivity index (χ2v) is 6.94. The van der Waals surface area contributed by atoms with Gasteiger partial charge in [-0.1, -0.05) is 12.2 Å². The quantitative estimate of drug-likeness (QED) is 0.841. The molecule has 2 heterocycles. The molecule has 1 fully saturated rings. The first kappa shape index (κ1) is 16.1. The van der Waals surface area contributed by atoms with Crippen LogP contribution in [-0.4, -0.2) is 49.0 Å². The highest BCUT2D eigenvalue weighted by Crippen LogP contribution is 2.38. The number of hydrogen-bond donors (Lipinski definition) is 1. The third-order valence-electron chi connectivity index (χ3n) is 3.79. The smallest absolute Gasteiger partial charge is 0.414 e. The van der Waals surface area contributed by atoms with Crippen LogP contribution in [0.4, 0.5) is 16.2 Å². The third kappa shape index (κ3) is 3.28. The van der Waals surface area contributed by atoms with Gasteiger partial charge in [-0.2, -0.15) is 0 Å². The number of benzene rings is 1. The first-order chi connectivity index (χ1) is 11.0. The Morgan fingerprint density at radius 3 is 3.04 bits per heavy atom. The molecule has 8 heteroatoms. The van der Waals surface area contributed by atoms with Crippen molar-refractivity contribution < 1.29 is 14.3 Å². The standard InChI is InChI=1S/C15H17N3O3S2/c1-9(19)16-6-11-7-18(15(20)21-11)10-3-4-12-13(5-10)23-8-14(22)17(12)2/h3-5,11H,6-8H2,1-2H3,(H,16,19)/t11-/m0/s1. The monoisotopic (exact) mass is 351 g/mol. The van der Waals surface area contributed by atoms with E-state index < -0.39 is 0 Å². The molecule has 2 amide bonds. The number of ether oxygens (including phenoxy) is 1. The molecule has 1 aromatic carbocycles. The summed E-state index contributed by atoms with van der Waals surface area (Å²) in [5, 5.41) is 2.67. The lowest BCUT2D eigenvalue weighted by atomic mass is 10.2. The van der Waals surface area contributed by atoms with E-state index in [0.29, 0.717) is 13.1 Å². The molecule has 2 aliphatic heterocycles. The molecule has 1 N–H and O–H groups in total. The predicted octanol–water partition coefficient (Wildman–Crippen LogP) is 2.02. The molecule has 0 unspecified atom stereocenters. The number of rotatable bonds is 3. The molecular formula is C15H17N3O3S2. The number of hydrogen-bond acceptors (Lipinski definition) is 5. The molecule has 122 valence electrons. The normalized spacial score (nSPS) is 20.3. The molecule has 0 aromatic heterocycles. The number of thioether (sulfide) groups is 1. The van der Waals surface area contributed by atoms with E-state index in [1.165, 1.54) is 6.92 Å². The molecule has 1 saturated heterocycles. The van der Waals surface area contributed by atoms with Gasteiger partial charge >= 0.3 is 6.09 Å². The molecule has 1 atom stereocenters. The summed E-state index contributed by atoms with van der Waals surface area (Å²) in [6.45, 7) is 2.20. The topological polar surface area (TPSA) is 61.9 Å². The zero-order valence-corrected chi connectivity index (χ0v) is 14.5. The lowest BCUT2D eigenvalue weighted by Gasteiger charge is -2.28. The fourth-order valence-electron chi connectivity index (χ4n) is 2.53. The zero-order valence-electron chi connectivity index (χ0n) is 12.9. The maximum absolute atomic E-state index is 12.1. The van der Waals surface area contributed by atoms with E-state index in [1.807, 2.05) is 30.1 Å². The van der Waals surface area contributed by atoms with Crippen molar-refractivity contribution in [1.29, 1.82) is 0 Å². The number of cyclic esters (lactones) is 1. The number of nitrogens with one attached hydrogen (secondary N) is 1. The van der Waals surface area contributed by atoms with Gasteiger partial charge in [-0.15, -0.1) is 11.8 Å². The van der Waals surface area contributed by atoms with E-state index in [0.717, 1.165) is 27.0 Å². The summed E-state index contributed by atoms with van der Waals surface area (Å²) in [6, 6.07) is 5.85.